The summed E-state index contributed by atoms with van der Waals surface area (Å²) in [6.45, 7) is 7.83. The van der Waals surface area contributed by atoms with Crippen molar-refractivity contribution in [2.75, 3.05) is 0 Å². The standard InChI is InChI=1S/C17H22N2O2/c1-5-15-16(13(4)21-19-15)17(20)18-12(3)10-14-9-7-6-8-11(14)2/h6-9,12H,5,10H2,1-4H3,(H,18,20)/t12-/m1/s1. The summed E-state index contributed by atoms with van der Waals surface area (Å²) in [7, 11) is 0. The molecule has 0 radical (unpaired) electrons. The molecule has 0 aliphatic heterocycles. The number of amides is 1. The first kappa shape index (κ1) is 15.3. The molecule has 0 aliphatic rings. The van der Waals surface area contributed by atoms with Crippen molar-refractivity contribution in [3.05, 3.63) is 52.4 Å². The third kappa shape index (κ3) is 3.51. The quantitative estimate of drug-likeness (QED) is 0.918. The highest BCUT2D eigenvalue weighted by Gasteiger charge is 2.20. The van der Waals surface area contributed by atoms with Gasteiger partial charge in [0.15, 0.2) is 0 Å². The lowest BCUT2D eigenvalue weighted by Crippen LogP contribution is -2.34. The topological polar surface area (TPSA) is 55.1 Å². The zero-order chi connectivity index (χ0) is 15.4. The molecule has 1 N–H and O–H groups in total. The largest absolute Gasteiger partial charge is 0.361 e. The number of hydrogen-bond donors (Lipinski definition) is 1. The second-order valence-corrected chi connectivity index (χ2v) is 5.42. The van der Waals surface area contributed by atoms with E-state index < -0.39 is 0 Å². The molecule has 0 saturated carbocycles. The Bertz CT molecular complexity index is 631. The van der Waals surface area contributed by atoms with Crippen molar-refractivity contribution < 1.29 is 9.32 Å². The summed E-state index contributed by atoms with van der Waals surface area (Å²) in [5.74, 6) is 0.471. The summed E-state index contributed by atoms with van der Waals surface area (Å²) in [6, 6.07) is 8.29. The Morgan fingerprint density at radius 1 is 1.33 bits per heavy atom. The highest BCUT2D eigenvalue weighted by atomic mass is 16.5. The van der Waals surface area contributed by atoms with Crippen molar-refractivity contribution in [2.45, 2.75) is 46.6 Å². The molecule has 0 bridgehead atoms. The Morgan fingerprint density at radius 3 is 2.71 bits per heavy atom. The zero-order valence-electron chi connectivity index (χ0n) is 13.1. The van der Waals surface area contributed by atoms with Gasteiger partial charge in [-0.25, -0.2) is 0 Å². The van der Waals surface area contributed by atoms with Gasteiger partial charge in [0, 0.05) is 6.04 Å². The van der Waals surface area contributed by atoms with E-state index in [2.05, 4.69) is 29.5 Å². The van der Waals surface area contributed by atoms with Crippen molar-refractivity contribution in [3.63, 3.8) is 0 Å². The Hall–Kier alpha value is -2.10. The molecule has 1 aromatic heterocycles. The van der Waals surface area contributed by atoms with Crippen LogP contribution >= 0.6 is 0 Å². The minimum absolute atomic E-state index is 0.0533. The maximum Gasteiger partial charge on any atom is 0.257 e. The van der Waals surface area contributed by atoms with Crippen molar-refractivity contribution in [3.8, 4) is 0 Å². The molecule has 0 fully saturated rings. The molecule has 0 aliphatic carbocycles. The predicted octanol–water partition coefficient (Wildman–Crippen LogP) is 3.21. The van der Waals surface area contributed by atoms with E-state index >= 15 is 0 Å². The summed E-state index contributed by atoms with van der Waals surface area (Å²) >= 11 is 0. The van der Waals surface area contributed by atoms with Gasteiger partial charge in [0.1, 0.15) is 11.3 Å². The van der Waals surface area contributed by atoms with Gasteiger partial charge in [-0.05, 0) is 44.7 Å². The normalized spacial score (nSPS) is 12.2. The average Bonchev–Trinajstić information content (AvgIpc) is 2.82. The maximum atomic E-state index is 12.4. The maximum absolute atomic E-state index is 12.4. The molecule has 0 spiro atoms. The second kappa shape index (κ2) is 6.57. The van der Waals surface area contributed by atoms with E-state index in [0.29, 0.717) is 23.4 Å². The van der Waals surface area contributed by atoms with Crippen LogP contribution in [-0.4, -0.2) is 17.1 Å². The minimum Gasteiger partial charge on any atom is -0.361 e. The summed E-state index contributed by atoms with van der Waals surface area (Å²) in [5.41, 5.74) is 3.79. The minimum atomic E-state index is -0.105. The molecule has 2 aromatic rings. The molecule has 1 heterocycles. The molecule has 1 atom stereocenters. The highest BCUT2D eigenvalue weighted by Crippen LogP contribution is 2.15. The van der Waals surface area contributed by atoms with Crippen LogP contribution in [0.15, 0.2) is 28.8 Å². The van der Waals surface area contributed by atoms with E-state index in [4.69, 9.17) is 4.52 Å². The Labute approximate surface area is 125 Å². The number of rotatable bonds is 5. The molecule has 0 saturated heterocycles. The average molecular weight is 286 g/mol. The van der Waals surface area contributed by atoms with Gasteiger partial charge in [0.05, 0.1) is 5.69 Å². The van der Waals surface area contributed by atoms with E-state index in [1.54, 1.807) is 6.92 Å². The fraction of sp³-hybridized carbons (Fsp3) is 0.412. The molecule has 1 amide bonds. The number of nitrogens with one attached hydrogen (secondary N) is 1. The third-order valence-electron chi connectivity index (χ3n) is 3.66. The molecule has 0 unspecified atom stereocenters. The number of benzene rings is 1. The van der Waals surface area contributed by atoms with Gasteiger partial charge in [-0.15, -0.1) is 0 Å². The van der Waals surface area contributed by atoms with Crippen molar-refractivity contribution in [1.29, 1.82) is 0 Å². The number of carbonyl (C=O) groups is 1. The summed E-state index contributed by atoms with van der Waals surface area (Å²) in [5, 5.41) is 6.96. The first-order valence-electron chi connectivity index (χ1n) is 7.33. The molecule has 21 heavy (non-hydrogen) atoms. The number of aromatic nitrogens is 1. The van der Waals surface area contributed by atoms with Crippen molar-refractivity contribution in [2.24, 2.45) is 0 Å². The monoisotopic (exact) mass is 286 g/mol. The van der Waals surface area contributed by atoms with Crippen LogP contribution in [0.3, 0.4) is 0 Å². The van der Waals surface area contributed by atoms with Crippen LogP contribution in [0.1, 0.15) is 46.8 Å². The molecule has 4 heteroatoms. The number of nitrogens with zero attached hydrogens (tertiary/aromatic N) is 1. The molecule has 1 aromatic carbocycles. The van der Waals surface area contributed by atoms with Gasteiger partial charge >= 0.3 is 0 Å². The van der Waals surface area contributed by atoms with Crippen molar-refractivity contribution >= 4 is 5.91 Å². The first-order chi connectivity index (χ1) is 10.0. The predicted molar refractivity (Wildman–Crippen MR) is 82.4 cm³/mol. The lowest BCUT2D eigenvalue weighted by molar-refractivity contribution is 0.0937. The van der Waals surface area contributed by atoms with Crippen LogP contribution in [0.25, 0.3) is 0 Å². The third-order valence-corrected chi connectivity index (χ3v) is 3.66. The van der Waals surface area contributed by atoms with Crippen molar-refractivity contribution in [1.82, 2.24) is 10.5 Å². The van der Waals surface area contributed by atoms with E-state index in [0.717, 1.165) is 6.42 Å². The molecular formula is C17H22N2O2. The van der Waals surface area contributed by atoms with Crippen LogP contribution < -0.4 is 5.32 Å². The highest BCUT2D eigenvalue weighted by molar-refractivity contribution is 5.96. The van der Waals surface area contributed by atoms with E-state index in [1.807, 2.05) is 26.0 Å². The number of hydrogen-bond acceptors (Lipinski definition) is 3. The fourth-order valence-corrected chi connectivity index (χ4v) is 2.47. The van der Waals surface area contributed by atoms with Gasteiger partial charge in [-0.3, -0.25) is 4.79 Å². The summed E-state index contributed by atoms with van der Waals surface area (Å²) in [4.78, 5) is 12.4. The van der Waals surface area contributed by atoms with E-state index in [1.165, 1.54) is 11.1 Å². The molecule has 112 valence electrons. The Morgan fingerprint density at radius 2 is 2.05 bits per heavy atom. The molecular weight excluding hydrogens is 264 g/mol. The molecule has 2 rings (SSSR count). The lowest BCUT2D eigenvalue weighted by atomic mass is 10.0. The van der Waals surface area contributed by atoms with Crippen LogP contribution in [0.5, 0.6) is 0 Å². The number of carbonyl (C=O) groups excluding carboxylic acids is 1. The number of aryl methyl sites for hydroxylation is 3. The van der Waals surface area contributed by atoms with E-state index in [9.17, 15) is 4.79 Å². The Balaban J connectivity index is 2.06. The smallest absolute Gasteiger partial charge is 0.257 e. The SMILES string of the molecule is CCc1noc(C)c1C(=O)N[C@H](C)Cc1ccccc1C. The first-order valence-corrected chi connectivity index (χ1v) is 7.33. The van der Waals surface area contributed by atoms with Crippen LogP contribution in [-0.2, 0) is 12.8 Å². The van der Waals surface area contributed by atoms with Crippen LogP contribution in [0.4, 0.5) is 0 Å². The van der Waals surface area contributed by atoms with Crippen LogP contribution in [0, 0.1) is 13.8 Å². The second-order valence-electron chi connectivity index (χ2n) is 5.42. The van der Waals surface area contributed by atoms with Gasteiger partial charge in [0.25, 0.3) is 5.91 Å². The Kier molecular flexibility index (Phi) is 4.78. The van der Waals surface area contributed by atoms with Gasteiger partial charge in [-0.2, -0.15) is 0 Å². The molecule has 4 nitrogen and oxygen atoms in total. The van der Waals surface area contributed by atoms with Gasteiger partial charge in [0.2, 0.25) is 0 Å². The lowest BCUT2D eigenvalue weighted by Gasteiger charge is -2.15. The zero-order valence-corrected chi connectivity index (χ0v) is 13.1. The van der Waals surface area contributed by atoms with Crippen LogP contribution in [0.2, 0.25) is 0 Å². The summed E-state index contributed by atoms with van der Waals surface area (Å²) < 4.78 is 5.12. The summed E-state index contributed by atoms with van der Waals surface area (Å²) in [6.07, 6.45) is 1.50. The fourth-order valence-electron chi connectivity index (χ4n) is 2.47. The van der Waals surface area contributed by atoms with Gasteiger partial charge < -0.3 is 9.84 Å². The van der Waals surface area contributed by atoms with Gasteiger partial charge in [-0.1, -0.05) is 36.3 Å². The van der Waals surface area contributed by atoms with E-state index in [-0.39, 0.29) is 11.9 Å².